The third-order valence-electron chi connectivity index (χ3n) is 2.48. The molecule has 0 N–H and O–H groups in total. The van der Waals surface area contributed by atoms with Crippen LogP contribution in [0.4, 0.5) is 11.4 Å². The van der Waals surface area contributed by atoms with Gasteiger partial charge in [0, 0.05) is 24.8 Å². The van der Waals surface area contributed by atoms with Crippen molar-refractivity contribution < 1.29 is 4.92 Å². The maximum atomic E-state index is 10.9. The molecule has 94 valence electrons. The Morgan fingerprint density at radius 2 is 1.88 bits per heavy atom. The van der Waals surface area contributed by atoms with E-state index < -0.39 is 0 Å². The number of hydrogen-bond donors (Lipinski definition) is 0. The number of nitro benzene ring substituents is 1. The molecule has 0 aliphatic heterocycles. The van der Waals surface area contributed by atoms with Crippen LogP contribution >= 0.6 is 15.9 Å². The van der Waals surface area contributed by atoms with Gasteiger partial charge in [-0.05, 0) is 40.9 Å². The second kappa shape index (κ2) is 6.59. The third-order valence-corrected chi connectivity index (χ3v) is 3.15. The highest BCUT2D eigenvalue weighted by atomic mass is 79.9. The first kappa shape index (κ1) is 14.0. The van der Waals surface area contributed by atoms with E-state index >= 15 is 0 Å². The molecular formula is C12H17BrN2O2. The second-order valence-electron chi connectivity index (χ2n) is 3.88. The molecule has 4 nitrogen and oxygen atoms in total. The van der Waals surface area contributed by atoms with E-state index in [0.29, 0.717) is 4.47 Å². The molecule has 0 radical (unpaired) electrons. The fourth-order valence-electron chi connectivity index (χ4n) is 1.75. The van der Waals surface area contributed by atoms with Crippen LogP contribution in [0, 0.1) is 10.1 Å². The van der Waals surface area contributed by atoms with E-state index in [9.17, 15) is 10.1 Å². The van der Waals surface area contributed by atoms with Gasteiger partial charge in [0.15, 0.2) is 0 Å². The molecule has 0 heterocycles. The monoisotopic (exact) mass is 300 g/mol. The Kier molecular flexibility index (Phi) is 5.41. The van der Waals surface area contributed by atoms with E-state index in [1.54, 1.807) is 12.1 Å². The van der Waals surface area contributed by atoms with E-state index in [1.807, 2.05) is 6.07 Å². The molecule has 0 fully saturated rings. The number of anilines is 1. The van der Waals surface area contributed by atoms with Gasteiger partial charge in [-0.25, -0.2) is 0 Å². The van der Waals surface area contributed by atoms with Crippen molar-refractivity contribution in [3.63, 3.8) is 0 Å². The summed E-state index contributed by atoms with van der Waals surface area (Å²) in [5.74, 6) is 0. The lowest BCUT2D eigenvalue weighted by atomic mass is 10.2. The number of nitrogens with zero attached hydrogens (tertiary/aromatic N) is 2. The van der Waals surface area contributed by atoms with Gasteiger partial charge in [0.2, 0.25) is 0 Å². The maximum absolute atomic E-state index is 10.9. The van der Waals surface area contributed by atoms with Gasteiger partial charge < -0.3 is 4.90 Å². The molecule has 1 rings (SSSR count). The summed E-state index contributed by atoms with van der Waals surface area (Å²) in [6.07, 6.45) is 2.06. The van der Waals surface area contributed by atoms with Crippen LogP contribution in [0.3, 0.4) is 0 Å². The van der Waals surface area contributed by atoms with Crippen LogP contribution in [-0.2, 0) is 0 Å². The molecule has 0 spiro atoms. The van der Waals surface area contributed by atoms with Crippen LogP contribution in [0.1, 0.15) is 26.7 Å². The molecule has 0 saturated heterocycles. The SMILES string of the molecule is CCCN(CCC)c1ccc(Br)c([N+](=O)[O-])c1. The molecule has 0 unspecified atom stereocenters. The van der Waals surface area contributed by atoms with Crippen molar-refractivity contribution in [1.82, 2.24) is 0 Å². The number of rotatable bonds is 6. The highest BCUT2D eigenvalue weighted by Crippen LogP contribution is 2.29. The minimum Gasteiger partial charge on any atom is -0.371 e. The summed E-state index contributed by atoms with van der Waals surface area (Å²) in [4.78, 5) is 12.7. The number of nitro groups is 1. The van der Waals surface area contributed by atoms with Gasteiger partial charge in [-0.15, -0.1) is 0 Å². The lowest BCUT2D eigenvalue weighted by Crippen LogP contribution is -2.24. The normalized spacial score (nSPS) is 10.3. The molecule has 0 saturated carbocycles. The van der Waals surface area contributed by atoms with Crippen molar-refractivity contribution in [3.05, 3.63) is 32.8 Å². The quantitative estimate of drug-likeness (QED) is 0.589. The lowest BCUT2D eigenvalue weighted by molar-refractivity contribution is -0.385. The van der Waals surface area contributed by atoms with E-state index in [1.165, 1.54) is 0 Å². The Morgan fingerprint density at radius 3 is 2.35 bits per heavy atom. The Labute approximate surface area is 110 Å². The van der Waals surface area contributed by atoms with Crippen LogP contribution in [-0.4, -0.2) is 18.0 Å². The van der Waals surface area contributed by atoms with E-state index in [2.05, 4.69) is 34.7 Å². The number of halogens is 1. The molecule has 1 aromatic carbocycles. The van der Waals surface area contributed by atoms with Crippen molar-refractivity contribution in [2.45, 2.75) is 26.7 Å². The van der Waals surface area contributed by atoms with Gasteiger partial charge in [0.1, 0.15) is 0 Å². The average molecular weight is 301 g/mol. The Morgan fingerprint density at radius 1 is 1.29 bits per heavy atom. The zero-order chi connectivity index (χ0) is 12.8. The van der Waals surface area contributed by atoms with Crippen molar-refractivity contribution in [2.75, 3.05) is 18.0 Å². The summed E-state index contributed by atoms with van der Waals surface area (Å²) in [6, 6.07) is 5.30. The molecular weight excluding hydrogens is 284 g/mol. The van der Waals surface area contributed by atoms with Gasteiger partial charge in [-0.3, -0.25) is 10.1 Å². The maximum Gasteiger partial charge on any atom is 0.285 e. The Balaban J connectivity index is 3.03. The summed E-state index contributed by atoms with van der Waals surface area (Å²) >= 11 is 3.20. The van der Waals surface area contributed by atoms with E-state index in [-0.39, 0.29) is 10.6 Å². The summed E-state index contributed by atoms with van der Waals surface area (Å²) < 4.78 is 0.527. The van der Waals surface area contributed by atoms with Crippen molar-refractivity contribution in [2.24, 2.45) is 0 Å². The minimum atomic E-state index is -0.357. The highest BCUT2D eigenvalue weighted by molar-refractivity contribution is 9.10. The van der Waals surface area contributed by atoms with Gasteiger partial charge in [0.05, 0.1) is 9.40 Å². The molecule has 17 heavy (non-hydrogen) atoms. The predicted octanol–water partition coefficient (Wildman–Crippen LogP) is 3.98. The molecule has 1 aromatic rings. The van der Waals surface area contributed by atoms with Crippen LogP contribution in [0.2, 0.25) is 0 Å². The molecule has 0 aliphatic rings. The largest absolute Gasteiger partial charge is 0.371 e. The summed E-state index contributed by atoms with van der Waals surface area (Å²) in [7, 11) is 0. The van der Waals surface area contributed by atoms with E-state index in [0.717, 1.165) is 31.6 Å². The van der Waals surface area contributed by atoms with Crippen LogP contribution in [0.25, 0.3) is 0 Å². The summed E-state index contributed by atoms with van der Waals surface area (Å²) in [5, 5.41) is 10.9. The Hall–Kier alpha value is -1.10. The number of benzene rings is 1. The summed E-state index contributed by atoms with van der Waals surface area (Å²) in [5.41, 5.74) is 1.04. The highest BCUT2D eigenvalue weighted by Gasteiger charge is 2.14. The number of hydrogen-bond acceptors (Lipinski definition) is 3. The molecule has 0 bridgehead atoms. The lowest BCUT2D eigenvalue weighted by Gasteiger charge is -2.23. The zero-order valence-corrected chi connectivity index (χ0v) is 11.7. The van der Waals surface area contributed by atoms with Gasteiger partial charge in [0.25, 0.3) is 5.69 Å². The summed E-state index contributed by atoms with van der Waals surface area (Å²) in [6.45, 7) is 6.06. The van der Waals surface area contributed by atoms with Crippen LogP contribution < -0.4 is 4.90 Å². The van der Waals surface area contributed by atoms with Crippen LogP contribution in [0.5, 0.6) is 0 Å². The first-order valence-electron chi connectivity index (χ1n) is 5.79. The molecule has 5 heteroatoms. The van der Waals surface area contributed by atoms with Gasteiger partial charge >= 0.3 is 0 Å². The third kappa shape index (κ3) is 3.70. The molecule has 0 amide bonds. The smallest absolute Gasteiger partial charge is 0.285 e. The van der Waals surface area contributed by atoms with Crippen molar-refractivity contribution >= 4 is 27.3 Å². The predicted molar refractivity (Wildman–Crippen MR) is 73.6 cm³/mol. The Bertz CT molecular complexity index is 390. The molecule has 0 atom stereocenters. The van der Waals surface area contributed by atoms with E-state index in [4.69, 9.17) is 0 Å². The topological polar surface area (TPSA) is 46.4 Å². The van der Waals surface area contributed by atoms with Crippen molar-refractivity contribution in [3.8, 4) is 0 Å². The first-order valence-corrected chi connectivity index (χ1v) is 6.58. The molecule has 0 aromatic heterocycles. The van der Waals surface area contributed by atoms with Crippen molar-refractivity contribution in [1.29, 1.82) is 0 Å². The van der Waals surface area contributed by atoms with Gasteiger partial charge in [-0.1, -0.05) is 13.8 Å². The van der Waals surface area contributed by atoms with Gasteiger partial charge in [-0.2, -0.15) is 0 Å². The standard InChI is InChI=1S/C12H17BrN2O2/c1-3-7-14(8-4-2)10-5-6-11(13)12(9-10)15(16)17/h5-6,9H,3-4,7-8H2,1-2H3. The van der Waals surface area contributed by atoms with Crippen LogP contribution in [0.15, 0.2) is 22.7 Å². The second-order valence-corrected chi connectivity index (χ2v) is 4.73. The fraction of sp³-hybridized carbons (Fsp3) is 0.500. The average Bonchev–Trinajstić information content (AvgIpc) is 2.29. The molecule has 0 aliphatic carbocycles. The first-order chi connectivity index (χ1) is 8.10. The fourth-order valence-corrected chi connectivity index (χ4v) is 2.14. The minimum absolute atomic E-state index is 0.125. The zero-order valence-electron chi connectivity index (χ0n) is 10.1.